The van der Waals surface area contributed by atoms with E-state index in [9.17, 15) is 0 Å². The smallest absolute Gasteiger partial charge is 0.366 e. The van der Waals surface area contributed by atoms with Gasteiger partial charge in [-0.05, 0) is 18.2 Å². The summed E-state index contributed by atoms with van der Waals surface area (Å²) in [4.78, 5) is 2.13. The van der Waals surface area contributed by atoms with Gasteiger partial charge in [-0.15, -0.1) is 5.56 Å². The SMILES string of the molecule is CN(Cc1[c-]cccc1)c1c#cccc1.[Li+]. The molecule has 0 aliphatic carbocycles. The zero-order chi connectivity index (χ0) is 10.5. The molecule has 0 amide bonds. The third-order valence-electron chi connectivity index (χ3n) is 2.23. The van der Waals surface area contributed by atoms with Crippen LogP contribution in [0.15, 0.2) is 42.5 Å². The van der Waals surface area contributed by atoms with Crippen molar-refractivity contribution in [1.82, 2.24) is 0 Å². The standard InChI is InChI=1S/C14H12N.Li/c1-15(14-10-6-3-7-11-14)12-13-8-4-2-5-9-13;/h2-6,8,10H,12H2,1H3;/q-1;+1. The van der Waals surface area contributed by atoms with Crippen LogP contribution in [0.1, 0.15) is 5.56 Å². The number of rotatable bonds is 3. The number of nitrogens with zero attached hydrogens (tertiary/aromatic N) is 1. The molecule has 0 aliphatic rings. The Balaban J connectivity index is 0.00000128. The third-order valence-corrected chi connectivity index (χ3v) is 2.23. The molecular formula is C14H12LiN. The summed E-state index contributed by atoms with van der Waals surface area (Å²) in [6.07, 6.45) is 0. The first kappa shape index (κ1) is 12.7. The van der Waals surface area contributed by atoms with Crippen LogP contribution < -0.4 is 23.8 Å². The van der Waals surface area contributed by atoms with Crippen LogP contribution in [0.25, 0.3) is 0 Å². The fourth-order valence-electron chi connectivity index (χ4n) is 1.44. The Morgan fingerprint density at radius 1 is 1.25 bits per heavy atom. The van der Waals surface area contributed by atoms with Gasteiger partial charge in [0.05, 0.1) is 5.69 Å². The van der Waals surface area contributed by atoms with Crippen LogP contribution in [0.3, 0.4) is 0 Å². The Morgan fingerprint density at radius 2 is 2.12 bits per heavy atom. The molecule has 0 fully saturated rings. The monoisotopic (exact) mass is 201 g/mol. The van der Waals surface area contributed by atoms with Gasteiger partial charge in [-0.3, -0.25) is 0 Å². The Labute approximate surface area is 109 Å². The molecule has 0 atom stereocenters. The molecule has 0 radical (unpaired) electrons. The summed E-state index contributed by atoms with van der Waals surface area (Å²) in [5.41, 5.74) is 2.23. The van der Waals surface area contributed by atoms with E-state index >= 15 is 0 Å². The average molecular weight is 201 g/mol. The Morgan fingerprint density at radius 3 is 2.75 bits per heavy atom. The molecule has 74 valence electrons. The molecule has 0 saturated heterocycles. The van der Waals surface area contributed by atoms with Gasteiger partial charge in [0.2, 0.25) is 0 Å². The van der Waals surface area contributed by atoms with Crippen LogP contribution in [0.2, 0.25) is 0 Å². The molecule has 0 spiro atoms. The zero-order valence-electron chi connectivity index (χ0n) is 9.70. The number of hydrogen-bond donors (Lipinski definition) is 0. The summed E-state index contributed by atoms with van der Waals surface area (Å²) in [6.45, 7) is 0.842. The molecule has 16 heavy (non-hydrogen) atoms. The van der Waals surface area contributed by atoms with Crippen LogP contribution >= 0.6 is 0 Å². The molecule has 0 saturated carbocycles. The minimum atomic E-state index is 0. The van der Waals surface area contributed by atoms with Crippen molar-refractivity contribution < 1.29 is 18.9 Å². The average Bonchev–Trinajstić information content (AvgIpc) is 2.31. The van der Waals surface area contributed by atoms with E-state index in [1.165, 1.54) is 5.56 Å². The van der Waals surface area contributed by atoms with Crippen molar-refractivity contribution in [2.24, 2.45) is 0 Å². The molecule has 1 nitrogen and oxygen atoms in total. The number of hydrogen-bond acceptors (Lipinski definition) is 1. The van der Waals surface area contributed by atoms with E-state index in [2.05, 4.69) is 29.2 Å². The summed E-state index contributed by atoms with van der Waals surface area (Å²) in [5, 5.41) is 0. The molecule has 2 aromatic rings. The van der Waals surface area contributed by atoms with Crippen LogP contribution in [-0.2, 0) is 6.54 Å². The fourth-order valence-corrected chi connectivity index (χ4v) is 1.44. The predicted octanol–water partition coefficient (Wildman–Crippen LogP) is -0.272. The van der Waals surface area contributed by atoms with Crippen LogP contribution in [-0.4, -0.2) is 7.05 Å². The van der Waals surface area contributed by atoms with Gasteiger partial charge >= 0.3 is 18.9 Å². The molecule has 0 unspecified atom stereocenters. The molecule has 2 rings (SSSR count). The second-order valence-electron chi connectivity index (χ2n) is 3.42. The first-order valence-electron chi connectivity index (χ1n) is 4.91. The van der Waals surface area contributed by atoms with Gasteiger partial charge < -0.3 is 4.90 Å². The maximum atomic E-state index is 3.20. The third kappa shape index (κ3) is 3.35. The Kier molecular flexibility index (Phi) is 5.00. The molecule has 2 aromatic carbocycles. The maximum Gasteiger partial charge on any atom is 1.00 e. The Hall–Kier alpha value is -1.34. The van der Waals surface area contributed by atoms with E-state index in [4.69, 9.17) is 0 Å². The van der Waals surface area contributed by atoms with Gasteiger partial charge in [0, 0.05) is 13.6 Å². The number of anilines is 1. The van der Waals surface area contributed by atoms with Crippen molar-refractivity contribution in [2.75, 3.05) is 11.9 Å². The summed E-state index contributed by atoms with van der Waals surface area (Å²) in [5.74, 6) is 0. The molecule has 0 aromatic heterocycles. The first-order chi connectivity index (χ1) is 7.36. The van der Waals surface area contributed by atoms with Crippen molar-refractivity contribution in [2.45, 2.75) is 6.54 Å². The van der Waals surface area contributed by atoms with Gasteiger partial charge in [0.15, 0.2) is 0 Å². The van der Waals surface area contributed by atoms with Crippen LogP contribution in [0.4, 0.5) is 5.69 Å². The Bertz CT molecular complexity index is 400. The van der Waals surface area contributed by atoms with E-state index in [1.54, 1.807) is 0 Å². The van der Waals surface area contributed by atoms with Gasteiger partial charge in [0.25, 0.3) is 0 Å². The van der Waals surface area contributed by atoms with Gasteiger partial charge in [-0.25, -0.2) is 0 Å². The summed E-state index contributed by atoms with van der Waals surface area (Å²) < 4.78 is 0. The predicted molar refractivity (Wildman–Crippen MR) is 61.5 cm³/mol. The normalized spacial score (nSPS) is 8.81. The van der Waals surface area contributed by atoms with E-state index in [0.29, 0.717) is 0 Å². The second-order valence-corrected chi connectivity index (χ2v) is 3.42. The van der Waals surface area contributed by atoms with Crippen molar-refractivity contribution in [3.8, 4) is 0 Å². The largest absolute Gasteiger partial charge is 1.00 e. The molecular weight excluding hydrogens is 189 g/mol. The van der Waals surface area contributed by atoms with E-state index in [-0.39, 0.29) is 18.9 Å². The first-order valence-corrected chi connectivity index (χ1v) is 4.91. The molecule has 0 aliphatic heterocycles. The minimum absolute atomic E-state index is 0. The summed E-state index contributed by atoms with van der Waals surface area (Å²) in [6, 6.07) is 23.1. The summed E-state index contributed by atoms with van der Waals surface area (Å²) >= 11 is 0. The van der Waals surface area contributed by atoms with Crippen molar-refractivity contribution in [1.29, 1.82) is 0 Å². The van der Waals surface area contributed by atoms with E-state index < -0.39 is 0 Å². The van der Waals surface area contributed by atoms with Gasteiger partial charge in [-0.2, -0.15) is 30.3 Å². The van der Waals surface area contributed by atoms with Crippen molar-refractivity contribution in [3.05, 3.63) is 66.2 Å². The topological polar surface area (TPSA) is 3.24 Å². The molecule has 2 heteroatoms. The molecule has 0 N–H and O–H groups in total. The van der Waals surface area contributed by atoms with Gasteiger partial charge in [0.1, 0.15) is 0 Å². The van der Waals surface area contributed by atoms with Crippen LogP contribution in [0.5, 0.6) is 0 Å². The summed E-state index contributed by atoms with van der Waals surface area (Å²) in [7, 11) is 2.04. The van der Waals surface area contributed by atoms with Crippen molar-refractivity contribution >= 4 is 5.69 Å². The van der Waals surface area contributed by atoms with Crippen molar-refractivity contribution in [3.63, 3.8) is 0 Å². The maximum absolute atomic E-state index is 3.20. The minimum Gasteiger partial charge on any atom is -0.366 e. The van der Waals surface area contributed by atoms with E-state index in [0.717, 1.165) is 12.2 Å². The molecule has 0 heterocycles. The number of benzene rings is 1. The quantitative estimate of drug-likeness (QED) is 0.488. The van der Waals surface area contributed by atoms with Crippen LogP contribution in [0, 0.1) is 18.2 Å². The van der Waals surface area contributed by atoms with Gasteiger partial charge in [-0.1, -0.05) is 12.1 Å². The fraction of sp³-hybridized carbons (Fsp3) is 0.143. The molecule has 0 bridgehead atoms. The zero-order valence-corrected chi connectivity index (χ0v) is 9.70. The van der Waals surface area contributed by atoms with E-state index in [1.807, 2.05) is 43.4 Å². The second kappa shape index (κ2) is 6.29.